The first kappa shape index (κ1) is 21.9. The van der Waals surface area contributed by atoms with Crippen molar-refractivity contribution < 1.29 is 13.2 Å². The van der Waals surface area contributed by atoms with Crippen LogP contribution in [0.2, 0.25) is 0 Å². The highest BCUT2D eigenvalue weighted by molar-refractivity contribution is 5.99. The van der Waals surface area contributed by atoms with Crippen molar-refractivity contribution in [2.75, 3.05) is 0 Å². The van der Waals surface area contributed by atoms with Gasteiger partial charge in [0.05, 0.1) is 34.9 Å². The minimum Gasteiger partial charge on any atom is -0.251 e. The van der Waals surface area contributed by atoms with Crippen LogP contribution >= 0.6 is 0 Å². The van der Waals surface area contributed by atoms with E-state index in [1.54, 1.807) is 6.20 Å². The molecular formula is C26H13F3N6. The van der Waals surface area contributed by atoms with Crippen molar-refractivity contribution >= 4 is 5.57 Å². The summed E-state index contributed by atoms with van der Waals surface area (Å²) in [5.41, 5.74) is 3.71. The molecule has 0 unspecified atom stereocenters. The van der Waals surface area contributed by atoms with Gasteiger partial charge >= 0.3 is 6.18 Å². The number of nitrogens with zero attached hydrogens (tertiary/aromatic N) is 6. The molecule has 0 N–H and O–H groups in total. The Balaban J connectivity index is 1.69. The number of rotatable bonds is 2. The van der Waals surface area contributed by atoms with Crippen molar-refractivity contribution in [3.05, 3.63) is 89.0 Å². The molecule has 35 heavy (non-hydrogen) atoms. The maximum absolute atomic E-state index is 13.0. The van der Waals surface area contributed by atoms with Crippen molar-refractivity contribution in [2.45, 2.75) is 13.1 Å². The molecule has 0 aliphatic heterocycles. The fourth-order valence-corrected chi connectivity index (χ4v) is 3.79. The van der Waals surface area contributed by atoms with Gasteiger partial charge in [0, 0.05) is 11.1 Å². The number of fused-ring (bicyclic) bond motifs is 3. The second-order valence-corrected chi connectivity index (χ2v) is 7.82. The quantitative estimate of drug-likeness (QED) is 0.307. The molecule has 0 amide bonds. The monoisotopic (exact) mass is 466 g/mol. The van der Waals surface area contributed by atoms with E-state index in [-0.39, 0.29) is 16.8 Å². The van der Waals surface area contributed by atoms with Gasteiger partial charge < -0.3 is 0 Å². The highest BCUT2D eigenvalue weighted by atomic mass is 19.4. The molecule has 9 heteroatoms. The predicted molar refractivity (Wildman–Crippen MR) is 121 cm³/mol. The van der Waals surface area contributed by atoms with E-state index in [1.807, 2.05) is 43.3 Å². The fraction of sp³-hybridized carbons (Fsp3) is 0.0769. The van der Waals surface area contributed by atoms with E-state index in [0.29, 0.717) is 34.0 Å². The van der Waals surface area contributed by atoms with Gasteiger partial charge in [-0.1, -0.05) is 42.0 Å². The molecule has 0 saturated heterocycles. The van der Waals surface area contributed by atoms with E-state index in [2.05, 4.69) is 15.0 Å². The summed E-state index contributed by atoms with van der Waals surface area (Å²) < 4.78 is 38.9. The molecule has 0 radical (unpaired) electrons. The zero-order chi connectivity index (χ0) is 24.7. The Labute approximate surface area is 197 Å². The number of nitriles is 2. The lowest BCUT2D eigenvalue weighted by Gasteiger charge is -2.08. The van der Waals surface area contributed by atoms with Crippen molar-refractivity contribution in [1.29, 1.82) is 10.5 Å². The van der Waals surface area contributed by atoms with Crippen LogP contribution in [0.1, 0.15) is 22.5 Å². The third-order valence-electron chi connectivity index (χ3n) is 5.57. The molecule has 2 aromatic heterocycles. The second-order valence-electron chi connectivity index (χ2n) is 7.82. The Kier molecular flexibility index (Phi) is 5.11. The molecule has 1 aliphatic carbocycles. The molecule has 6 nitrogen and oxygen atoms in total. The van der Waals surface area contributed by atoms with Gasteiger partial charge in [0.1, 0.15) is 40.5 Å². The molecule has 1 aliphatic rings. The van der Waals surface area contributed by atoms with Crippen molar-refractivity contribution in [1.82, 2.24) is 19.9 Å². The minimum absolute atomic E-state index is 0.182. The fourth-order valence-electron chi connectivity index (χ4n) is 3.79. The Hall–Kier alpha value is -4.89. The third-order valence-corrected chi connectivity index (χ3v) is 5.57. The van der Waals surface area contributed by atoms with Crippen molar-refractivity contribution in [2.24, 2.45) is 0 Å². The van der Waals surface area contributed by atoms with Gasteiger partial charge in [-0.3, -0.25) is 9.97 Å². The number of halogens is 3. The minimum atomic E-state index is -4.45. The largest absolute Gasteiger partial charge is 0.416 e. The van der Waals surface area contributed by atoms with Crippen molar-refractivity contribution in [3.63, 3.8) is 0 Å². The maximum Gasteiger partial charge on any atom is 0.416 e. The van der Waals surface area contributed by atoms with E-state index in [9.17, 15) is 23.7 Å². The lowest BCUT2D eigenvalue weighted by molar-refractivity contribution is -0.137. The summed E-state index contributed by atoms with van der Waals surface area (Å²) in [6, 6.07) is 16.0. The smallest absolute Gasteiger partial charge is 0.251 e. The average Bonchev–Trinajstić information content (AvgIpc) is 3.18. The number of hydrogen-bond donors (Lipinski definition) is 0. The predicted octanol–water partition coefficient (Wildman–Crippen LogP) is 5.76. The third kappa shape index (κ3) is 3.79. The van der Waals surface area contributed by atoms with Crippen LogP contribution in [0.25, 0.3) is 39.5 Å². The summed E-state index contributed by atoms with van der Waals surface area (Å²) in [5, 5.41) is 19.0. The van der Waals surface area contributed by atoms with E-state index >= 15 is 0 Å². The van der Waals surface area contributed by atoms with E-state index in [0.717, 1.165) is 23.3 Å². The summed E-state index contributed by atoms with van der Waals surface area (Å²) in [6.07, 6.45) is -1.51. The van der Waals surface area contributed by atoms with E-state index in [1.165, 1.54) is 18.3 Å². The first-order valence-corrected chi connectivity index (χ1v) is 10.3. The van der Waals surface area contributed by atoms with Crippen LogP contribution in [0, 0.1) is 29.6 Å². The number of alkyl halides is 3. The molecule has 5 rings (SSSR count). The van der Waals surface area contributed by atoms with Gasteiger partial charge in [0.2, 0.25) is 0 Å². The van der Waals surface area contributed by atoms with Crippen LogP contribution in [0.5, 0.6) is 0 Å². The molecule has 0 spiro atoms. The van der Waals surface area contributed by atoms with Gasteiger partial charge in [-0.15, -0.1) is 0 Å². The number of hydrogen-bond acceptors (Lipinski definition) is 6. The van der Waals surface area contributed by atoms with Crippen LogP contribution in [0.15, 0.2) is 66.5 Å². The SMILES string of the molecule is Cc1ccc(-c2cnc3c(n2)-c2nc(-c4ccc(C(F)(F)F)cc4)cnc2C3=C(C#N)C#N)cc1. The van der Waals surface area contributed by atoms with Gasteiger partial charge in [0.15, 0.2) is 0 Å². The Morgan fingerprint density at radius 3 is 1.60 bits per heavy atom. The highest BCUT2D eigenvalue weighted by Gasteiger charge is 2.33. The zero-order valence-corrected chi connectivity index (χ0v) is 18.1. The molecule has 2 aromatic carbocycles. The summed E-state index contributed by atoms with van der Waals surface area (Å²) in [7, 11) is 0. The Bertz CT molecular complexity index is 1570. The van der Waals surface area contributed by atoms with Crippen LogP contribution in [0.3, 0.4) is 0 Å². The summed E-state index contributed by atoms with van der Waals surface area (Å²) in [5.74, 6) is 0. The first-order valence-electron chi connectivity index (χ1n) is 10.3. The maximum atomic E-state index is 13.0. The molecule has 0 atom stereocenters. The normalized spacial score (nSPS) is 11.9. The van der Waals surface area contributed by atoms with E-state index in [4.69, 9.17) is 4.98 Å². The van der Waals surface area contributed by atoms with Crippen molar-refractivity contribution in [3.8, 4) is 46.0 Å². The molecule has 168 valence electrons. The lowest BCUT2D eigenvalue weighted by atomic mass is 10.1. The molecule has 0 bridgehead atoms. The van der Waals surface area contributed by atoms with Crippen LogP contribution in [-0.4, -0.2) is 19.9 Å². The summed E-state index contributed by atoms with van der Waals surface area (Å²) >= 11 is 0. The number of allylic oxidation sites excluding steroid dienone is 1. The molecule has 2 heterocycles. The lowest BCUT2D eigenvalue weighted by Crippen LogP contribution is -2.04. The zero-order valence-electron chi connectivity index (χ0n) is 18.1. The highest BCUT2D eigenvalue weighted by Crippen LogP contribution is 2.43. The summed E-state index contributed by atoms with van der Waals surface area (Å²) in [4.78, 5) is 18.2. The molecule has 0 fully saturated rings. The van der Waals surface area contributed by atoms with Crippen LogP contribution in [-0.2, 0) is 6.18 Å². The summed E-state index contributed by atoms with van der Waals surface area (Å²) in [6.45, 7) is 1.97. The van der Waals surface area contributed by atoms with Gasteiger partial charge in [-0.05, 0) is 19.1 Å². The second kappa shape index (κ2) is 8.15. The standard InChI is InChI=1S/C26H13F3N6/c1-14-2-4-15(5-3-14)19-12-32-22-21(17(10-30)11-31)23-25(24(22)34-19)35-20(13-33-23)16-6-8-18(9-7-16)26(27,28)29/h2-9,12-13H,1H3. The van der Waals surface area contributed by atoms with Gasteiger partial charge in [0.25, 0.3) is 0 Å². The van der Waals surface area contributed by atoms with Crippen LogP contribution in [0.4, 0.5) is 13.2 Å². The molecule has 4 aromatic rings. The molecular weight excluding hydrogens is 453 g/mol. The molecule has 0 saturated carbocycles. The first-order chi connectivity index (χ1) is 16.8. The Morgan fingerprint density at radius 2 is 1.17 bits per heavy atom. The number of benzene rings is 2. The Morgan fingerprint density at radius 1 is 0.714 bits per heavy atom. The van der Waals surface area contributed by atoms with Gasteiger partial charge in [-0.25, -0.2) is 9.97 Å². The number of aromatic nitrogens is 4. The van der Waals surface area contributed by atoms with Gasteiger partial charge in [-0.2, -0.15) is 23.7 Å². The topological polar surface area (TPSA) is 99.1 Å². The number of aryl methyl sites for hydroxylation is 1. The van der Waals surface area contributed by atoms with Crippen LogP contribution < -0.4 is 0 Å². The van der Waals surface area contributed by atoms with E-state index < -0.39 is 11.7 Å². The average molecular weight is 466 g/mol.